The molecule has 1 aliphatic heterocycles. The summed E-state index contributed by atoms with van der Waals surface area (Å²) in [6.07, 6.45) is 5.11. The van der Waals surface area contributed by atoms with Crippen molar-refractivity contribution in [3.05, 3.63) is 52.2 Å². The fraction of sp³-hybridized carbons (Fsp3) is 0.522. The molecule has 1 saturated heterocycles. The maximum atomic E-state index is 12.7. The Balaban J connectivity index is 1.60. The maximum Gasteiger partial charge on any atom is 0.251 e. The monoisotopic (exact) mass is 400 g/mol. The number of carbonyl (C=O) groups is 1. The molecule has 2 heterocycles. The van der Waals surface area contributed by atoms with Crippen molar-refractivity contribution < 1.29 is 9.53 Å². The third-order valence-electron chi connectivity index (χ3n) is 5.11. The number of nitrogens with zero attached hydrogens (tertiary/aromatic N) is 1. The lowest BCUT2D eigenvalue weighted by Gasteiger charge is -2.30. The van der Waals surface area contributed by atoms with Crippen molar-refractivity contribution in [2.24, 2.45) is 5.92 Å². The van der Waals surface area contributed by atoms with Gasteiger partial charge in [0.2, 0.25) is 0 Å². The molecule has 1 aromatic carbocycles. The number of nitrogens with one attached hydrogen (secondary N) is 1. The molecule has 1 amide bonds. The second kappa shape index (κ2) is 10.6. The Morgan fingerprint density at radius 3 is 2.43 bits per heavy atom. The molecule has 1 N–H and O–H groups in total. The predicted molar refractivity (Wildman–Crippen MR) is 116 cm³/mol. The first-order valence-electron chi connectivity index (χ1n) is 10.4. The van der Waals surface area contributed by atoms with Crippen LogP contribution in [0.5, 0.6) is 5.75 Å². The smallest absolute Gasteiger partial charge is 0.251 e. The summed E-state index contributed by atoms with van der Waals surface area (Å²) in [5.74, 6) is 1.27. The Morgan fingerprint density at radius 2 is 1.82 bits per heavy atom. The van der Waals surface area contributed by atoms with Gasteiger partial charge < -0.3 is 10.1 Å². The second-order valence-corrected chi connectivity index (χ2v) is 8.90. The molecule has 0 spiro atoms. The molecule has 0 aliphatic carbocycles. The van der Waals surface area contributed by atoms with Gasteiger partial charge in [-0.25, -0.2) is 0 Å². The van der Waals surface area contributed by atoms with E-state index in [4.69, 9.17) is 4.74 Å². The van der Waals surface area contributed by atoms with Gasteiger partial charge in [0.25, 0.3) is 5.91 Å². The topological polar surface area (TPSA) is 41.6 Å². The van der Waals surface area contributed by atoms with E-state index in [0.717, 1.165) is 18.8 Å². The van der Waals surface area contributed by atoms with Gasteiger partial charge in [-0.2, -0.15) is 0 Å². The van der Waals surface area contributed by atoms with Gasteiger partial charge in [-0.3, -0.25) is 9.69 Å². The number of likely N-dealkylation sites (tertiary alicyclic amines) is 1. The first-order valence-corrected chi connectivity index (χ1v) is 11.3. The van der Waals surface area contributed by atoms with Gasteiger partial charge >= 0.3 is 0 Å². The number of hydrogen-bond acceptors (Lipinski definition) is 4. The molecule has 1 fully saturated rings. The summed E-state index contributed by atoms with van der Waals surface area (Å²) in [4.78, 5) is 16.6. The van der Waals surface area contributed by atoms with E-state index < -0.39 is 0 Å². The number of carbonyl (C=O) groups excluding carboxylic acids is 1. The number of hydrogen-bond donors (Lipinski definition) is 1. The van der Waals surface area contributed by atoms with Crippen LogP contribution in [0.25, 0.3) is 0 Å². The van der Waals surface area contributed by atoms with Gasteiger partial charge in [0, 0.05) is 17.0 Å². The summed E-state index contributed by atoms with van der Waals surface area (Å²) >= 11 is 1.78. The highest BCUT2D eigenvalue weighted by molar-refractivity contribution is 7.10. The zero-order valence-corrected chi connectivity index (χ0v) is 17.8. The zero-order chi connectivity index (χ0) is 19.8. The van der Waals surface area contributed by atoms with Crippen molar-refractivity contribution in [3.8, 4) is 5.75 Å². The average molecular weight is 401 g/mol. The van der Waals surface area contributed by atoms with Crippen LogP contribution in [0.3, 0.4) is 0 Å². The molecule has 152 valence electrons. The van der Waals surface area contributed by atoms with E-state index in [-0.39, 0.29) is 11.9 Å². The first kappa shape index (κ1) is 20.9. The highest BCUT2D eigenvalue weighted by Gasteiger charge is 2.23. The molecular weight excluding hydrogens is 368 g/mol. The molecule has 1 aromatic heterocycles. The minimum Gasteiger partial charge on any atom is -0.493 e. The van der Waals surface area contributed by atoms with Gasteiger partial charge in [-0.15, -0.1) is 11.3 Å². The van der Waals surface area contributed by atoms with Crippen molar-refractivity contribution in [1.29, 1.82) is 0 Å². The Hall–Kier alpha value is -1.85. The van der Waals surface area contributed by atoms with Crippen LogP contribution in [0.1, 0.15) is 60.8 Å². The zero-order valence-electron chi connectivity index (χ0n) is 17.0. The molecule has 5 heteroatoms. The summed E-state index contributed by atoms with van der Waals surface area (Å²) in [5.41, 5.74) is 0.678. The van der Waals surface area contributed by atoms with E-state index in [0.29, 0.717) is 24.6 Å². The fourth-order valence-corrected chi connectivity index (χ4v) is 4.42. The van der Waals surface area contributed by atoms with Gasteiger partial charge in [0.15, 0.2) is 0 Å². The van der Waals surface area contributed by atoms with E-state index >= 15 is 0 Å². The van der Waals surface area contributed by atoms with Crippen LogP contribution in [0.2, 0.25) is 0 Å². The minimum atomic E-state index is -0.0215. The van der Waals surface area contributed by atoms with E-state index in [9.17, 15) is 4.79 Å². The summed E-state index contributed by atoms with van der Waals surface area (Å²) < 4.78 is 5.70. The minimum absolute atomic E-state index is 0.0215. The van der Waals surface area contributed by atoms with E-state index in [1.165, 1.54) is 30.6 Å². The van der Waals surface area contributed by atoms with Crippen molar-refractivity contribution in [2.45, 2.75) is 45.6 Å². The summed E-state index contributed by atoms with van der Waals surface area (Å²) in [7, 11) is 0. The number of rotatable bonds is 8. The Labute approximate surface area is 172 Å². The van der Waals surface area contributed by atoms with Crippen LogP contribution < -0.4 is 10.1 Å². The number of thiophene rings is 1. The average Bonchev–Trinajstić information content (AvgIpc) is 3.09. The standard InChI is InChI=1S/C23H32N2O2S/c1-18(2)17-27-20-11-9-19(10-12-20)23(26)24-16-21(22-8-7-15-28-22)25-13-5-3-4-6-14-25/h7-12,15,18,21H,3-6,13-14,16-17H2,1-2H3,(H,24,26)/t21-/m0/s1. The van der Waals surface area contributed by atoms with Crippen molar-refractivity contribution in [3.63, 3.8) is 0 Å². The van der Waals surface area contributed by atoms with Crippen LogP contribution in [0.4, 0.5) is 0 Å². The molecule has 4 nitrogen and oxygen atoms in total. The van der Waals surface area contributed by atoms with Gasteiger partial charge in [0.1, 0.15) is 5.75 Å². The molecule has 0 unspecified atom stereocenters. The molecule has 0 saturated carbocycles. The Kier molecular flexibility index (Phi) is 7.92. The molecule has 0 radical (unpaired) electrons. The Bertz CT molecular complexity index is 705. The third kappa shape index (κ3) is 6.08. The van der Waals surface area contributed by atoms with Gasteiger partial charge in [-0.1, -0.05) is 32.8 Å². The molecule has 1 atom stereocenters. The normalized spacial score (nSPS) is 16.5. The van der Waals surface area contributed by atoms with Crippen LogP contribution in [0.15, 0.2) is 41.8 Å². The quantitative estimate of drug-likeness (QED) is 0.668. The largest absolute Gasteiger partial charge is 0.493 e. The predicted octanol–water partition coefficient (Wildman–Crippen LogP) is 5.13. The van der Waals surface area contributed by atoms with Crippen LogP contribution in [-0.2, 0) is 0 Å². The lowest BCUT2D eigenvalue weighted by atomic mass is 10.1. The van der Waals surface area contributed by atoms with Crippen molar-refractivity contribution in [2.75, 3.05) is 26.2 Å². The second-order valence-electron chi connectivity index (χ2n) is 7.92. The van der Waals surface area contributed by atoms with Gasteiger partial charge in [0.05, 0.1) is 12.6 Å². The van der Waals surface area contributed by atoms with Crippen LogP contribution in [0, 0.1) is 5.92 Å². The lowest BCUT2D eigenvalue weighted by Crippen LogP contribution is -2.38. The van der Waals surface area contributed by atoms with E-state index in [1.54, 1.807) is 11.3 Å². The van der Waals surface area contributed by atoms with Crippen LogP contribution in [-0.4, -0.2) is 37.0 Å². The number of amides is 1. The first-order chi connectivity index (χ1) is 13.6. The number of benzene rings is 1. The van der Waals surface area contributed by atoms with Gasteiger partial charge in [-0.05, 0) is 67.6 Å². The summed E-state index contributed by atoms with van der Waals surface area (Å²) in [5, 5.41) is 5.28. The molecular formula is C23H32N2O2S. The molecule has 3 rings (SSSR count). The summed E-state index contributed by atoms with van der Waals surface area (Å²) in [6, 6.07) is 12.0. The van der Waals surface area contributed by atoms with E-state index in [2.05, 4.69) is 41.6 Å². The SMILES string of the molecule is CC(C)COc1ccc(C(=O)NC[C@@H](c2cccs2)N2CCCCCC2)cc1. The highest BCUT2D eigenvalue weighted by Crippen LogP contribution is 2.27. The maximum absolute atomic E-state index is 12.7. The van der Waals surface area contributed by atoms with Crippen molar-refractivity contribution in [1.82, 2.24) is 10.2 Å². The summed E-state index contributed by atoms with van der Waals surface area (Å²) in [6.45, 7) is 7.79. The molecule has 0 bridgehead atoms. The van der Waals surface area contributed by atoms with E-state index in [1.807, 2.05) is 24.3 Å². The van der Waals surface area contributed by atoms with Crippen molar-refractivity contribution >= 4 is 17.2 Å². The Morgan fingerprint density at radius 1 is 1.11 bits per heavy atom. The third-order valence-corrected chi connectivity index (χ3v) is 6.08. The fourth-order valence-electron chi connectivity index (χ4n) is 3.55. The molecule has 28 heavy (non-hydrogen) atoms. The van der Waals surface area contributed by atoms with Crippen LogP contribution >= 0.6 is 11.3 Å². The highest BCUT2D eigenvalue weighted by atomic mass is 32.1. The molecule has 2 aromatic rings. The molecule has 1 aliphatic rings. The number of ether oxygens (including phenoxy) is 1. The lowest BCUT2D eigenvalue weighted by molar-refractivity contribution is 0.0934.